The largest absolute Gasteiger partial charge is 0.493 e. The van der Waals surface area contributed by atoms with E-state index in [0.29, 0.717) is 19.6 Å². The first-order chi connectivity index (χ1) is 18.1. The van der Waals surface area contributed by atoms with Gasteiger partial charge in [-0.05, 0) is 82.8 Å². The fourth-order valence-corrected chi connectivity index (χ4v) is 5.53. The first-order valence-electron chi connectivity index (χ1n) is 14.4. The zero-order valence-corrected chi connectivity index (χ0v) is 24.4. The summed E-state index contributed by atoms with van der Waals surface area (Å²) in [6.45, 7) is 18.6. The van der Waals surface area contributed by atoms with Gasteiger partial charge in [-0.25, -0.2) is 0 Å². The quantitative estimate of drug-likeness (QED) is 0.341. The van der Waals surface area contributed by atoms with E-state index >= 15 is 0 Å². The van der Waals surface area contributed by atoms with Crippen LogP contribution in [0.2, 0.25) is 0 Å². The molecule has 0 spiro atoms. The molecule has 0 radical (unpaired) electrons. The van der Waals surface area contributed by atoms with Gasteiger partial charge in [0.25, 0.3) is 5.91 Å². The number of nitrogens with one attached hydrogen (secondary N) is 1. The molecule has 2 heterocycles. The van der Waals surface area contributed by atoms with Crippen LogP contribution in [0.5, 0.6) is 5.75 Å². The molecule has 2 aromatic rings. The molecule has 0 atom stereocenters. The van der Waals surface area contributed by atoms with E-state index in [1.165, 1.54) is 11.3 Å². The van der Waals surface area contributed by atoms with Crippen molar-refractivity contribution >= 4 is 5.91 Å². The van der Waals surface area contributed by atoms with Crippen molar-refractivity contribution in [3.05, 3.63) is 52.8 Å². The summed E-state index contributed by atoms with van der Waals surface area (Å²) in [7, 11) is 0. The fourth-order valence-electron chi connectivity index (χ4n) is 5.53. The lowest BCUT2D eigenvalue weighted by atomic mass is 9.72. The van der Waals surface area contributed by atoms with E-state index in [0.717, 1.165) is 75.7 Å². The molecule has 2 N–H and O–H groups in total. The second kappa shape index (κ2) is 13.6. The van der Waals surface area contributed by atoms with Gasteiger partial charge in [-0.2, -0.15) is 0 Å². The summed E-state index contributed by atoms with van der Waals surface area (Å²) in [6.07, 6.45) is 3.35. The van der Waals surface area contributed by atoms with Crippen LogP contribution in [0.1, 0.15) is 87.6 Å². The molecule has 7 nitrogen and oxygen atoms in total. The molecule has 1 aliphatic heterocycles. The minimum atomic E-state index is -0.744. The topological polar surface area (TPSA) is 76.0 Å². The summed E-state index contributed by atoms with van der Waals surface area (Å²) in [6, 6.07) is 10.6. The maximum Gasteiger partial charge on any atom is 0.267 e. The summed E-state index contributed by atoms with van der Waals surface area (Å²) in [5, 5.41) is 13.1. The highest BCUT2D eigenvalue weighted by atomic mass is 16.5. The van der Waals surface area contributed by atoms with Gasteiger partial charge < -0.3 is 24.5 Å². The predicted octanol–water partition coefficient (Wildman–Crippen LogP) is 4.91. The lowest BCUT2D eigenvalue weighted by Gasteiger charge is -2.34. The molecule has 1 aliphatic rings. The lowest BCUT2D eigenvalue weighted by molar-refractivity contribution is 0.0374. The molecular weight excluding hydrogens is 478 g/mol. The maximum absolute atomic E-state index is 13.2. The average molecular weight is 528 g/mol. The van der Waals surface area contributed by atoms with Gasteiger partial charge in [-0.1, -0.05) is 26.0 Å². The molecule has 0 unspecified atom stereocenters. The predicted molar refractivity (Wildman–Crippen MR) is 153 cm³/mol. The van der Waals surface area contributed by atoms with Crippen LogP contribution in [-0.4, -0.2) is 72.1 Å². The van der Waals surface area contributed by atoms with E-state index in [4.69, 9.17) is 9.47 Å². The minimum Gasteiger partial charge on any atom is -0.493 e. The number of morpholine rings is 1. The van der Waals surface area contributed by atoms with E-state index in [1.807, 2.05) is 6.07 Å². The zero-order chi connectivity index (χ0) is 27.8. The normalized spacial score (nSPS) is 15.0. The van der Waals surface area contributed by atoms with Crippen molar-refractivity contribution in [2.75, 3.05) is 46.0 Å². The molecule has 0 aliphatic carbocycles. The van der Waals surface area contributed by atoms with Crippen LogP contribution in [0.25, 0.3) is 0 Å². The first-order valence-corrected chi connectivity index (χ1v) is 14.4. The number of ether oxygens (including phenoxy) is 2. The first kappa shape index (κ1) is 30.2. The summed E-state index contributed by atoms with van der Waals surface area (Å²) in [4.78, 5) is 15.6. The van der Waals surface area contributed by atoms with E-state index in [9.17, 15) is 9.90 Å². The molecule has 1 aromatic carbocycles. The molecule has 0 bridgehead atoms. The Labute approximate surface area is 229 Å². The van der Waals surface area contributed by atoms with E-state index in [-0.39, 0.29) is 11.3 Å². The van der Waals surface area contributed by atoms with Crippen LogP contribution < -0.4 is 10.1 Å². The van der Waals surface area contributed by atoms with Gasteiger partial charge >= 0.3 is 0 Å². The van der Waals surface area contributed by atoms with E-state index < -0.39 is 5.60 Å². The Kier molecular flexibility index (Phi) is 10.8. The molecule has 38 heavy (non-hydrogen) atoms. The highest BCUT2D eigenvalue weighted by Gasteiger charge is 2.35. The number of hydrogen-bond acceptors (Lipinski definition) is 5. The number of amides is 1. The second-order valence-electron chi connectivity index (χ2n) is 11.1. The number of rotatable bonds is 14. The Morgan fingerprint density at radius 3 is 2.42 bits per heavy atom. The number of carbonyl (C=O) groups excluding carboxylic acids is 1. The Balaban J connectivity index is 1.75. The molecule has 1 saturated heterocycles. The van der Waals surface area contributed by atoms with E-state index in [2.05, 4.69) is 66.7 Å². The van der Waals surface area contributed by atoms with Crippen LogP contribution in [0.4, 0.5) is 0 Å². The van der Waals surface area contributed by atoms with Crippen LogP contribution in [-0.2, 0) is 16.7 Å². The number of aryl methyl sites for hydroxylation is 1. The van der Waals surface area contributed by atoms with Crippen LogP contribution in [0, 0.1) is 6.92 Å². The number of aliphatic hydroxyl groups is 1. The van der Waals surface area contributed by atoms with Crippen molar-refractivity contribution < 1.29 is 19.4 Å². The number of benzene rings is 1. The molecule has 1 aromatic heterocycles. The van der Waals surface area contributed by atoms with E-state index in [1.54, 1.807) is 13.8 Å². The number of aromatic nitrogens is 1. The molecular formula is C31H49N3O4. The Bertz CT molecular complexity index is 1030. The lowest BCUT2D eigenvalue weighted by Crippen LogP contribution is -2.38. The van der Waals surface area contributed by atoms with Crippen LogP contribution >= 0.6 is 0 Å². The fraction of sp³-hybridized carbons (Fsp3) is 0.645. The Hall–Kier alpha value is -2.35. The van der Waals surface area contributed by atoms with Crippen molar-refractivity contribution in [3.63, 3.8) is 0 Å². The number of nitrogens with zero attached hydrogens (tertiary/aromatic N) is 2. The monoisotopic (exact) mass is 527 g/mol. The van der Waals surface area contributed by atoms with Gasteiger partial charge in [-0.15, -0.1) is 0 Å². The highest BCUT2D eigenvalue weighted by Crippen LogP contribution is 2.41. The van der Waals surface area contributed by atoms with Crippen molar-refractivity contribution in [3.8, 4) is 5.75 Å². The van der Waals surface area contributed by atoms with Crippen molar-refractivity contribution in [2.45, 2.75) is 84.8 Å². The van der Waals surface area contributed by atoms with Crippen molar-refractivity contribution in [1.29, 1.82) is 0 Å². The third-order valence-corrected chi connectivity index (χ3v) is 7.97. The zero-order valence-electron chi connectivity index (χ0n) is 24.4. The molecule has 212 valence electrons. The molecule has 3 rings (SSSR count). The molecule has 1 fully saturated rings. The van der Waals surface area contributed by atoms with Crippen molar-refractivity contribution in [1.82, 2.24) is 14.8 Å². The van der Waals surface area contributed by atoms with Gasteiger partial charge in [0.15, 0.2) is 0 Å². The van der Waals surface area contributed by atoms with Gasteiger partial charge in [0.1, 0.15) is 11.4 Å². The van der Waals surface area contributed by atoms with Crippen LogP contribution in [0.15, 0.2) is 30.3 Å². The minimum absolute atomic E-state index is 0.00656. The standard InChI is InChI=1S/C31H49N3O4/c1-7-31(8-2,25-11-13-27(24(4)23-25)38-20-15-30(5,6)36)28-14-12-26(34(28)9-3)29(35)32-16-10-17-33-18-21-37-22-19-33/h11-14,23,36H,7-10,15-22H2,1-6H3,(H,32,35). The van der Waals surface area contributed by atoms with Gasteiger partial charge in [0.2, 0.25) is 0 Å². The number of hydrogen-bond donors (Lipinski definition) is 2. The van der Waals surface area contributed by atoms with Gasteiger partial charge in [0, 0.05) is 43.7 Å². The SMILES string of the molecule is CCn1c(C(=O)NCCCN2CCOCC2)ccc1C(CC)(CC)c1ccc(OCCC(C)(C)O)c(C)c1. The third kappa shape index (κ3) is 7.39. The highest BCUT2D eigenvalue weighted by molar-refractivity contribution is 5.93. The average Bonchev–Trinajstić information content (AvgIpc) is 3.33. The molecule has 0 saturated carbocycles. The van der Waals surface area contributed by atoms with Crippen molar-refractivity contribution in [2.24, 2.45) is 0 Å². The van der Waals surface area contributed by atoms with Crippen LogP contribution in [0.3, 0.4) is 0 Å². The summed E-state index contributed by atoms with van der Waals surface area (Å²) >= 11 is 0. The Morgan fingerprint density at radius 1 is 1.11 bits per heavy atom. The summed E-state index contributed by atoms with van der Waals surface area (Å²) < 4.78 is 13.6. The molecule has 7 heteroatoms. The number of carbonyl (C=O) groups is 1. The summed E-state index contributed by atoms with van der Waals surface area (Å²) in [5.41, 5.74) is 3.27. The Morgan fingerprint density at radius 2 is 1.82 bits per heavy atom. The molecule has 1 amide bonds. The van der Waals surface area contributed by atoms with Gasteiger partial charge in [-0.3, -0.25) is 9.69 Å². The smallest absolute Gasteiger partial charge is 0.267 e. The van der Waals surface area contributed by atoms with Gasteiger partial charge in [0.05, 0.1) is 25.4 Å². The summed E-state index contributed by atoms with van der Waals surface area (Å²) in [5.74, 6) is 0.843. The second-order valence-corrected chi connectivity index (χ2v) is 11.1. The third-order valence-electron chi connectivity index (χ3n) is 7.97. The maximum atomic E-state index is 13.2.